The van der Waals surface area contributed by atoms with E-state index >= 15 is 0 Å². The van der Waals surface area contributed by atoms with Gasteiger partial charge in [-0.3, -0.25) is 4.79 Å². The van der Waals surface area contributed by atoms with Crippen LogP contribution < -0.4 is 25.0 Å². The zero-order valence-electron chi connectivity index (χ0n) is 23.6. The van der Waals surface area contributed by atoms with Gasteiger partial charge >= 0.3 is 0 Å². The third-order valence-corrected chi connectivity index (χ3v) is 8.45. The Kier molecular flexibility index (Phi) is 8.45. The molecule has 0 bridgehead atoms. The average Bonchev–Trinajstić information content (AvgIpc) is 3.39. The van der Waals surface area contributed by atoms with Crippen LogP contribution in [0.25, 0.3) is 22.3 Å². The highest BCUT2D eigenvalue weighted by Gasteiger charge is 2.31. The van der Waals surface area contributed by atoms with Crippen molar-refractivity contribution in [2.45, 2.75) is 38.8 Å². The minimum absolute atomic E-state index is 0.162. The zero-order valence-corrected chi connectivity index (χ0v) is 25.1. The van der Waals surface area contributed by atoms with Gasteiger partial charge in [-0.05, 0) is 30.4 Å². The third-order valence-electron chi connectivity index (χ3n) is 7.70. The van der Waals surface area contributed by atoms with E-state index in [2.05, 4.69) is 40.9 Å². The number of anilines is 2. The fourth-order valence-corrected chi connectivity index (χ4v) is 5.79. The van der Waals surface area contributed by atoms with Crippen molar-refractivity contribution in [3.05, 3.63) is 41.0 Å². The highest BCUT2D eigenvalue weighted by atomic mass is 35.5. The molecule has 12 heteroatoms. The van der Waals surface area contributed by atoms with Gasteiger partial charge in [-0.2, -0.15) is 0 Å². The van der Waals surface area contributed by atoms with E-state index in [1.54, 1.807) is 12.3 Å². The van der Waals surface area contributed by atoms with Crippen LogP contribution in [0.2, 0.25) is 10.0 Å². The smallest absolute Gasteiger partial charge is 0.243 e. The highest BCUT2D eigenvalue weighted by molar-refractivity contribution is 6.41. The van der Waals surface area contributed by atoms with Crippen LogP contribution in [0, 0.1) is 5.41 Å². The van der Waals surface area contributed by atoms with Crippen LogP contribution in [-0.2, 0) is 9.53 Å². The minimum Gasteiger partial charge on any atom is -0.495 e. The largest absolute Gasteiger partial charge is 0.495 e. The lowest BCUT2D eigenvalue weighted by molar-refractivity contribution is -0.117. The van der Waals surface area contributed by atoms with Gasteiger partial charge in [-0.1, -0.05) is 43.6 Å². The molecule has 41 heavy (non-hydrogen) atoms. The average molecular weight is 602 g/mol. The number of amides is 1. The number of nitrogens with one attached hydrogen (secondary N) is 2. The summed E-state index contributed by atoms with van der Waals surface area (Å²) in [7, 11) is 3.06. The van der Waals surface area contributed by atoms with Crippen LogP contribution >= 0.6 is 23.2 Å². The summed E-state index contributed by atoms with van der Waals surface area (Å²) in [6.07, 6.45) is 4.99. The topological polar surface area (TPSA) is 111 Å². The number of carbonyl (C=O) groups excluding carboxylic acids is 1. The first-order chi connectivity index (χ1) is 19.6. The van der Waals surface area contributed by atoms with Crippen LogP contribution in [0.15, 0.2) is 31.0 Å². The predicted octanol–water partition coefficient (Wildman–Crippen LogP) is 5.12. The molecular weight excluding hydrogens is 567 g/mol. The fourth-order valence-electron chi connectivity index (χ4n) is 5.12. The number of halogens is 2. The summed E-state index contributed by atoms with van der Waals surface area (Å²) >= 11 is 13.5. The Labute approximate surface area is 249 Å². The molecule has 10 nitrogen and oxygen atoms in total. The predicted molar refractivity (Wildman–Crippen MR) is 161 cm³/mol. The molecular formula is C29H34Cl2N6O4. The molecule has 218 valence electrons. The molecule has 1 aromatic carbocycles. The molecule has 0 spiro atoms. The minimum atomic E-state index is -0.249. The van der Waals surface area contributed by atoms with Gasteiger partial charge in [-0.15, -0.1) is 0 Å². The number of carbonyl (C=O) groups is 1. The van der Waals surface area contributed by atoms with Crippen molar-refractivity contribution in [1.29, 1.82) is 0 Å². The van der Waals surface area contributed by atoms with Crippen molar-refractivity contribution < 1.29 is 19.0 Å². The summed E-state index contributed by atoms with van der Waals surface area (Å²) in [4.78, 5) is 28.7. The first-order valence-corrected chi connectivity index (χ1v) is 14.2. The number of hydrogen-bond acceptors (Lipinski definition) is 9. The Hall–Kier alpha value is -3.34. The van der Waals surface area contributed by atoms with Crippen molar-refractivity contribution in [3.8, 4) is 22.9 Å². The Morgan fingerprint density at radius 2 is 1.76 bits per heavy atom. The molecule has 0 unspecified atom stereocenters. The SMILES string of the molecule is C=CC(=O)N[C@H]1COC[C@H]1Nc1cc2c(N3CCC(C)(C)CC3)nc(-c3c(Cl)c(OC)cc(OC)c3Cl)nc2cn1. The standard InChI is InChI=1S/C29H34Cl2N6O4/c1-6-23(38)34-19-15-41-14-18(19)33-22-11-16-17(13-32-22)35-27(36-28(16)37-9-7-29(2,3)8-10-37)24-25(30)20(39-4)12-21(40-5)26(24)31/h6,11-13,18-19H,1,7-10,14-15H2,2-5H3,(H,32,33)(H,34,38)/t18-,19+/m1/s1. The van der Waals surface area contributed by atoms with Crippen molar-refractivity contribution in [3.63, 3.8) is 0 Å². The van der Waals surface area contributed by atoms with E-state index in [-0.39, 0.29) is 23.4 Å². The number of aromatic nitrogens is 3. The number of methoxy groups -OCH3 is 2. The summed E-state index contributed by atoms with van der Waals surface area (Å²) in [5.41, 5.74) is 1.31. The maximum Gasteiger partial charge on any atom is 0.243 e. The second-order valence-electron chi connectivity index (χ2n) is 11.0. The van der Waals surface area contributed by atoms with Gasteiger partial charge in [0.15, 0.2) is 5.82 Å². The molecule has 3 aromatic rings. The van der Waals surface area contributed by atoms with Crippen molar-refractivity contribution in [1.82, 2.24) is 20.3 Å². The van der Waals surface area contributed by atoms with Gasteiger partial charge in [0, 0.05) is 24.5 Å². The Morgan fingerprint density at radius 1 is 1.10 bits per heavy atom. The molecule has 2 aliphatic heterocycles. The van der Waals surface area contributed by atoms with Crippen LogP contribution in [0.3, 0.4) is 0 Å². The maximum atomic E-state index is 11.9. The van der Waals surface area contributed by atoms with Gasteiger partial charge in [0.05, 0.1) is 66.8 Å². The molecule has 2 N–H and O–H groups in total. The first-order valence-electron chi connectivity index (χ1n) is 13.4. The first kappa shape index (κ1) is 29.2. The highest BCUT2D eigenvalue weighted by Crippen LogP contribution is 2.46. The molecule has 5 rings (SSSR count). The number of pyridine rings is 1. The third kappa shape index (κ3) is 6.00. The van der Waals surface area contributed by atoms with Crippen LogP contribution in [-0.4, -0.2) is 73.5 Å². The number of benzene rings is 1. The van der Waals surface area contributed by atoms with Crippen molar-refractivity contribution >= 4 is 51.6 Å². The van der Waals surface area contributed by atoms with E-state index in [1.165, 1.54) is 20.3 Å². The zero-order chi connectivity index (χ0) is 29.3. The number of nitrogens with zero attached hydrogens (tertiary/aromatic N) is 4. The second kappa shape index (κ2) is 11.9. The van der Waals surface area contributed by atoms with Crippen LogP contribution in [0.1, 0.15) is 26.7 Å². The van der Waals surface area contributed by atoms with E-state index < -0.39 is 0 Å². The molecule has 2 atom stereocenters. The fraction of sp³-hybridized carbons (Fsp3) is 0.448. The van der Waals surface area contributed by atoms with Gasteiger partial charge in [-0.25, -0.2) is 15.0 Å². The van der Waals surface area contributed by atoms with E-state index in [0.717, 1.165) is 37.1 Å². The summed E-state index contributed by atoms with van der Waals surface area (Å²) in [6, 6.07) is 3.20. The molecule has 0 saturated carbocycles. The number of ether oxygens (including phenoxy) is 3. The van der Waals surface area contributed by atoms with Crippen molar-refractivity contribution in [2.24, 2.45) is 5.41 Å². The summed E-state index contributed by atoms with van der Waals surface area (Å²) in [5.74, 6) is 2.30. The summed E-state index contributed by atoms with van der Waals surface area (Å²) in [5, 5.41) is 7.75. The van der Waals surface area contributed by atoms with Crippen LogP contribution in [0.5, 0.6) is 11.5 Å². The number of hydrogen-bond donors (Lipinski definition) is 2. The van der Waals surface area contributed by atoms with E-state index in [0.29, 0.717) is 57.5 Å². The number of piperidine rings is 1. The van der Waals surface area contributed by atoms with E-state index in [4.69, 9.17) is 47.4 Å². The molecule has 0 aliphatic carbocycles. The Morgan fingerprint density at radius 3 is 2.39 bits per heavy atom. The molecule has 2 aliphatic rings. The molecule has 2 aromatic heterocycles. The lowest BCUT2D eigenvalue weighted by atomic mass is 9.82. The number of rotatable bonds is 8. The van der Waals surface area contributed by atoms with E-state index in [1.807, 2.05) is 6.07 Å². The van der Waals surface area contributed by atoms with Gasteiger partial charge in [0.25, 0.3) is 0 Å². The molecule has 2 fully saturated rings. The molecule has 2 saturated heterocycles. The van der Waals surface area contributed by atoms with Gasteiger partial charge in [0.2, 0.25) is 5.91 Å². The lowest BCUT2D eigenvalue weighted by Gasteiger charge is -2.38. The van der Waals surface area contributed by atoms with Crippen LogP contribution in [0.4, 0.5) is 11.6 Å². The van der Waals surface area contributed by atoms with Gasteiger partial charge in [0.1, 0.15) is 23.1 Å². The van der Waals surface area contributed by atoms with Crippen molar-refractivity contribution in [2.75, 3.05) is 50.7 Å². The molecule has 1 amide bonds. The summed E-state index contributed by atoms with van der Waals surface area (Å²) < 4.78 is 16.6. The monoisotopic (exact) mass is 600 g/mol. The van der Waals surface area contributed by atoms with E-state index in [9.17, 15) is 4.79 Å². The molecule has 0 radical (unpaired) electrons. The maximum absolute atomic E-state index is 11.9. The summed E-state index contributed by atoms with van der Waals surface area (Å²) in [6.45, 7) is 10.6. The lowest BCUT2D eigenvalue weighted by Crippen LogP contribution is -2.45. The van der Waals surface area contributed by atoms with Gasteiger partial charge < -0.3 is 29.7 Å². The Bertz CT molecular complexity index is 1450. The quantitative estimate of drug-likeness (QED) is 0.340. The Balaban J connectivity index is 1.59. The second-order valence-corrected chi connectivity index (χ2v) is 11.8. The number of fused-ring (bicyclic) bond motifs is 1. The normalized spacial score (nSPS) is 20.1. The molecule has 4 heterocycles.